The van der Waals surface area contributed by atoms with E-state index in [4.69, 9.17) is 0 Å². The minimum atomic E-state index is 0.0101. The smallest absolute Gasteiger partial charge is 0.251 e. The third kappa shape index (κ3) is 4.76. The summed E-state index contributed by atoms with van der Waals surface area (Å²) in [5.74, 6) is 0.811. The summed E-state index contributed by atoms with van der Waals surface area (Å²) in [6.45, 7) is 5.73. The van der Waals surface area contributed by atoms with Crippen molar-refractivity contribution < 1.29 is 4.79 Å². The molecule has 21 heavy (non-hydrogen) atoms. The lowest BCUT2D eigenvalue weighted by atomic mass is 10.00. The van der Waals surface area contributed by atoms with E-state index in [0.29, 0.717) is 6.54 Å². The predicted molar refractivity (Wildman–Crippen MR) is 88.9 cm³/mol. The number of aryl methyl sites for hydroxylation is 1. The Hall–Kier alpha value is -1.51. The fourth-order valence-corrected chi connectivity index (χ4v) is 3.09. The maximum Gasteiger partial charge on any atom is 0.251 e. The molecule has 2 N–H and O–H groups in total. The van der Waals surface area contributed by atoms with Crippen molar-refractivity contribution in [3.63, 3.8) is 0 Å². The molecule has 1 aliphatic rings. The second-order valence-electron chi connectivity index (χ2n) is 6.13. The van der Waals surface area contributed by atoms with Crippen LogP contribution in [0.5, 0.6) is 0 Å². The number of amides is 1. The SMILES string of the molecule is CCNC(=O)c1ccc(NCC2CCCCCC2)c(C)c1. The van der Waals surface area contributed by atoms with Gasteiger partial charge in [-0.05, 0) is 56.4 Å². The Balaban J connectivity index is 1.92. The number of hydrogen-bond donors (Lipinski definition) is 2. The van der Waals surface area contributed by atoms with Gasteiger partial charge in [0.05, 0.1) is 0 Å². The van der Waals surface area contributed by atoms with Gasteiger partial charge >= 0.3 is 0 Å². The molecule has 1 aromatic rings. The van der Waals surface area contributed by atoms with Crippen molar-refractivity contribution in [2.75, 3.05) is 18.4 Å². The summed E-state index contributed by atoms with van der Waals surface area (Å²) in [5, 5.41) is 6.42. The van der Waals surface area contributed by atoms with Gasteiger partial charge < -0.3 is 10.6 Å². The first-order chi connectivity index (χ1) is 10.2. The molecular weight excluding hydrogens is 260 g/mol. The van der Waals surface area contributed by atoms with Crippen LogP contribution in [-0.4, -0.2) is 19.0 Å². The van der Waals surface area contributed by atoms with Gasteiger partial charge in [-0.1, -0.05) is 25.7 Å². The number of hydrogen-bond acceptors (Lipinski definition) is 2. The number of carbonyl (C=O) groups excluding carboxylic acids is 1. The first-order valence-corrected chi connectivity index (χ1v) is 8.33. The molecule has 0 atom stereocenters. The first-order valence-electron chi connectivity index (χ1n) is 8.33. The summed E-state index contributed by atoms with van der Waals surface area (Å²) in [6, 6.07) is 5.92. The predicted octanol–water partition coefficient (Wildman–Crippen LogP) is 4.13. The zero-order valence-electron chi connectivity index (χ0n) is 13.4. The maximum absolute atomic E-state index is 11.8. The van der Waals surface area contributed by atoms with Crippen LogP contribution >= 0.6 is 0 Å². The van der Waals surface area contributed by atoms with Gasteiger partial charge in [0, 0.05) is 24.3 Å². The highest BCUT2D eigenvalue weighted by Gasteiger charge is 2.13. The van der Waals surface area contributed by atoms with Crippen LogP contribution < -0.4 is 10.6 Å². The molecular formula is C18H28N2O. The molecule has 3 heteroatoms. The molecule has 0 bridgehead atoms. The van der Waals surface area contributed by atoms with E-state index in [0.717, 1.165) is 29.3 Å². The molecule has 0 aliphatic heterocycles. The van der Waals surface area contributed by atoms with Crippen LogP contribution in [0.4, 0.5) is 5.69 Å². The molecule has 0 unspecified atom stereocenters. The van der Waals surface area contributed by atoms with Crippen LogP contribution in [0.1, 0.15) is 61.4 Å². The summed E-state index contributed by atoms with van der Waals surface area (Å²) < 4.78 is 0. The Morgan fingerprint density at radius 3 is 2.52 bits per heavy atom. The van der Waals surface area contributed by atoms with Crippen LogP contribution in [0.15, 0.2) is 18.2 Å². The summed E-state index contributed by atoms with van der Waals surface area (Å²) in [4.78, 5) is 11.8. The Bertz CT molecular complexity index is 462. The zero-order valence-corrected chi connectivity index (χ0v) is 13.4. The zero-order chi connectivity index (χ0) is 15.1. The van der Waals surface area contributed by atoms with E-state index in [1.807, 2.05) is 25.1 Å². The van der Waals surface area contributed by atoms with E-state index < -0.39 is 0 Å². The van der Waals surface area contributed by atoms with Gasteiger partial charge in [-0.15, -0.1) is 0 Å². The molecule has 1 aromatic carbocycles. The molecule has 116 valence electrons. The number of rotatable bonds is 5. The lowest BCUT2D eigenvalue weighted by Crippen LogP contribution is -2.22. The van der Waals surface area contributed by atoms with E-state index in [-0.39, 0.29) is 5.91 Å². The van der Waals surface area contributed by atoms with Gasteiger partial charge in [-0.3, -0.25) is 4.79 Å². The van der Waals surface area contributed by atoms with Crippen molar-refractivity contribution in [3.05, 3.63) is 29.3 Å². The second-order valence-corrected chi connectivity index (χ2v) is 6.13. The second kappa shape index (κ2) is 8.06. The standard InChI is InChI=1S/C18H28N2O/c1-3-19-18(21)16-10-11-17(14(2)12-16)20-13-15-8-6-4-5-7-9-15/h10-12,15,20H,3-9,13H2,1-2H3,(H,19,21). The molecule has 3 nitrogen and oxygen atoms in total. The van der Waals surface area contributed by atoms with Crippen molar-refractivity contribution in [1.82, 2.24) is 5.32 Å². The highest BCUT2D eigenvalue weighted by atomic mass is 16.1. The summed E-state index contributed by atoms with van der Waals surface area (Å²) >= 11 is 0. The lowest BCUT2D eigenvalue weighted by molar-refractivity contribution is 0.0956. The molecule has 0 radical (unpaired) electrons. The number of benzene rings is 1. The monoisotopic (exact) mass is 288 g/mol. The van der Waals surface area contributed by atoms with Crippen LogP contribution in [-0.2, 0) is 0 Å². The third-order valence-electron chi connectivity index (χ3n) is 4.38. The van der Waals surface area contributed by atoms with Gasteiger partial charge in [0.2, 0.25) is 0 Å². The van der Waals surface area contributed by atoms with Gasteiger partial charge in [-0.25, -0.2) is 0 Å². The van der Waals surface area contributed by atoms with Gasteiger partial charge in [-0.2, -0.15) is 0 Å². The van der Waals surface area contributed by atoms with Crippen molar-refractivity contribution in [2.45, 2.75) is 52.4 Å². The van der Waals surface area contributed by atoms with E-state index in [1.165, 1.54) is 38.5 Å². The minimum absolute atomic E-state index is 0.0101. The third-order valence-corrected chi connectivity index (χ3v) is 4.38. The van der Waals surface area contributed by atoms with Crippen LogP contribution in [0.25, 0.3) is 0 Å². The van der Waals surface area contributed by atoms with Crippen LogP contribution in [0.2, 0.25) is 0 Å². The van der Waals surface area contributed by atoms with Gasteiger partial charge in [0.15, 0.2) is 0 Å². The van der Waals surface area contributed by atoms with Crippen molar-refractivity contribution in [3.8, 4) is 0 Å². The van der Waals surface area contributed by atoms with E-state index in [9.17, 15) is 4.79 Å². The molecule has 0 aromatic heterocycles. The molecule has 1 fully saturated rings. The molecule has 0 spiro atoms. The van der Waals surface area contributed by atoms with Crippen molar-refractivity contribution >= 4 is 11.6 Å². The summed E-state index contributed by atoms with van der Waals surface area (Å²) in [7, 11) is 0. The largest absolute Gasteiger partial charge is 0.385 e. The molecule has 1 amide bonds. The van der Waals surface area contributed by atoms with Gasteiger partial charge in [0.1, 0.15) is 0 Å². The van der Waals surface area contributed by atoms with E-state index >= 15 is 0 Å². The Morgan fingerprint density at radius 2 is 1.90 bits per heavy atom. The topological polar surface area (TPSA) is 41.1 Å². The van der Waals surface area contributed by atoms with E-state index in [2.05, 4.69) is 17.6 Å². The fraction of sp³-hybridized carbons (Fsp3) is 0.611. The average Bonchev–Trinajstić information content (AvgIpc) is 2.75. The Kier molecular flexibility index (Phi) is 6.09. The summed E-state index contributed by atoms with van der Waals surface area (Å²) in [6.07, 6.45) is 8.25. The maximum atomic E-state index is 11.8. The lowest BCUT2D eigenvalue weighted by Gasteiger charge is -2.17. The van der Waals surface area contributed by atoms with Crippen molar-refractivity contribution in [2.24, 2.45) is 5.92 Å². The number of carbonyl (C=O) groups is 1. The van der Waals surface area contributed by atoms with Crippen LogP contribution in [0, 0.1) is 12.8 Å². The average molecular weight is 288 g/mol. The molecule has 1 aliphatic carbocycles. The first kappa shape index (κ1) is 15.9. The summed E-state index contributed by atoms with van der Waals surface area (Å²) in [5.41, 5.74) is 3.05. The molecule has 1 saturated carbocycles. The van der Waals surface area contributed by atoms with Crippen LogP contribution in [0.3, 0.4) is 0 Å². The fourth-order valence-electron chi connectivity index (χ4n) is 3.09. The molecule has 2 rings (SSSR count). The Labute approximate surface area is 128 Å². The minimum Gasteiger partial charge on any atom is -0.385 e. The van der Waals surface area contributed by atoms with Gasteiger partial charge in [0.25, 0.3) is 5.91 Å². The number of anilines is 1. The molecule has 0 saturated heterocycles. The highest BCUT2D eigenvalue weighted by molar-refractivity contribution is 5.94. The quantitative estimate of drug-likeness (QED) is 0.800. The Morgan fingerprint density at radius 1 is 1.19 bits per heavy atom. The highest BCUT2D eigenvalue weighted by Crippen LogP contribution is 2.24. The molecule has 0 heterocycles. The van der Waals surface area contributed by atoms with Crippen molar-refractivity contribution in [1.29, 1.82) is 0 Å². The normalized spacial score (nSPS) is 16.3. The van der Waals surface area contributed by atoms with E-state index in [1.54, 1.807) is 0 Å². The number of nitrogens with one attached hydrogen (secondary N) is 2.